The fourth-order valence-corrected chi connectivity index (χ4v) is 4.32. The molecule has 2 aromatic heterocycles. The number of carbonyl (C=O) groups excluding carboxylic acids is 1. The van der Waals surface area contributed by atoms with Crippen molar-refractivity contribution in [2.75, 3.05) is 31.1 Å². The van der Waals surface area contributed by atoms with Gasteiger partial charge in [-0.3, -0.25) is 4.79 Å². The van der Waals surface area contributed by atoms with Gasteiger partial charge >= 0.3 is 0 Å². The van der Waals surface area contributed by atoms with Crippen LogP contribution >= 0.6 is 15.9 Å². The molecule has 1 aliphatic carbocycles. The van der Waals surface area contributed by atoms with Crippen molar-refractivity contribution in [3.8, 4) is 5.69 Å². The highest BCUT2D eigenvalue weighted by Gasteiger charge is 2.31. The van der Waals surface area contributed by atoms with Crippen LogP contribution in [0.3, 0.4) is 0 Å². The minimum Gasteiger partial charge on any atom is -0.337 e. The minimum atomic E-state index is 0.0363. The largest absolute Gasteiger partial charge is 0.337 e. The molecule has 0 saturated carbocycles. The Morgan fingerprint density at radius 3 is 2.41 bits per heavy atom. The van der Waals surface area contributed by atoms with Crippen LogP contribution in [0.25, 0.3) is 5.69 Å². The smallest absolute Gasteiger partial charge is 0.274 e. The predicted molar refractivity (Wildman–Crippen MR) is 113 cm³/mol. The number of amides is 1. The molecule has 3 aromatic rings. The van der Waals surface area contributed by atoms with Gasteiger partial charge in [0.25, 0.3) is 5.91 Å². The molecular formula is C21H21BrN6O. The normalized spacial score (nSPS) is 16.2. The number of piperazine rings is 1. The van der Waals surface area contributed by atoms with Crippen molar-refractivity contribution in [3.63, 3.8) is 0 Å². The molecule has 2 aliphatic rings. The molecule has 8 heteroatoms. The van der Waals surface area contributed by atoms with E-state index in [0.29, 0.717) is 24.7 Å². The fourth-order valence-electron chi connectivity index (χ4n) is 4.12. The highest BCUT2D eigenvalue weighted by Crippen LogP contribution is 2.29. The molecule has 148 valence electrons. The van der Waals surface area contributed by atoms with E-state index in [0.717, 1.165) is 48.1 Å². The van der Waals surface area contributed by atoms with Crippen LogP contribution in [0.5, 0.6) is 0 Å². The van der Waals surface area contributed by atoms with Gasteiger partial charge in [0.15, 0.2) is 5.69 Å². The van der Waals surface area contributed by atoms with Crippen molar-refractivity contribution < 1.29 is 4.79 Å². The molecule has 1 fully saturated rings. The Kier molecular flexibility index (Phi) is 4.79. The molecule has 1 amide bonds. The van der Waals surface area contributed by atoms with Crippen LogP contribution in [0.2, 0.25) is 0 Å². The quantitative estimate of drug-likeness (QED) is 0.610. The molecule has 0 radical (unpaired) electrons. The Labute approximate surface area is 177 Å². The van der Waals surface area contributed by atoms with Gasteiger partial charge in [0.2, 0.25) is 5.95 Å². The summed E-state index contributed by atoms with van der Waals surface area (Å²) in [5.74, 6) is 0.740. The fraction of sp³-hybridized carbons (Fsp3) is 0.333. The van der Waals surface area contributed by atoms with Crippen molar-refractivity contribution in [1.29, 1.82) is 0 Å². The summed E-state index contributed by atoms with van der Waals surface area (Å²) in [6.45, 7) is 2.72. The lowest BCUT2D eigenvalue weighted by molar-refractivity contribution is 0.0738. The van der Waals surface area contributed by atoms with Crippen LogP contribution in [-0.2, 0) is 12.8 Å². The van der Waals surface area contributed by atoms with Gasteiger partial charge in [-0.25, -0.2) is 14.6 Å². The van der Waals surface area contributed by atoms with Crippen molar-refractivity contribution in [2.24, 2.45) is 0 Å². The summed E-state index contributed by atoms with van der Waals surface area (Å²) in [4.78, 5) is 26.0. The Morgan fingerprint density at radius 2 is 1.69 bits per heavy atom. The molecule has 29 heavy (non-hydrogen) atoms. The number of rotatable bonds is 3. The second-order valence-electron chi connectivity index (χ2n) is 7.36. The number of nitrogens with zero attached hydrogens (tertiary/aromatic N) is 6. The van der Waals surface area contributed by atoms with Gasteiger partial charge in [-0.2, -0.15) is 5.10 Å². The lowest BCUT2D eigenvalue weighted by atomic mass is 10.1. The zero-order valence-electron chi connectivity index (χ0n) is 16.0. The van der Waals surface area contributed by atoms with Gasteiger partial charge in [0, 0.05) is 49.8 Å². The van der Waals surface area contributed by atoms with Crippen LogP contribution in [0, 0.1) is 0 Å². The molecule has 3 heterocycles. The lowest BCUT2D eigenvalue weighted by Gasteiger charge is -2.34. The Hall–Kier alpha value is -2.74. The van der Waals surface area contributed by atoms with Crippen LogP contribution in [0.1, 0.15) is 28.2 Å². The summed E-state index contributed by atoms with van der Waals surface area (Å²) in [6.07, 6.45) is 6.48. The molecular weight excluding hydrogens is 432 g/mol. The first-order valence-electron chi connectivity index (χ1n) is 9.88. The van der Waals surface area contributed by atoms with E-state index in [9.17, 15) is 4.79 Å². The Balaban J connectivity index is 1.35. The maximum Gasteiger partial charge on any atom is 0.274 e. The van der Waals surface area contributed by atoms with Gasteiger partial charge in [0.05, 0.1) is 10.2 Å². The third kappa shape index (κ3) is 3.42. The van der Waals surface area contributed by atoms with E-state index in [2.05, 4.69) is 30.8 Å². The first-order valence-corrected chi connectivity index (χ1v) is 10.7. The molecule has 0 unspecified atom stereocenters. The number of halogens is 1. The van der Waals surface area contributed by atoms with E-state index >= 15 is 0 Å². The Bertz CT molecular complexity index is 1030. The predicted octanol–water partition coefficient (Wildman–Crippen LogP) is 2.88. The number of anilines is 1. The summed E-state index contributed by atoms with van der Waals surface area (Å²) in [6, 6.07) is 10.1. The SMILES string of the molecule is O=C(c1nn(-c2ccccc2)c2c1CCC2)N1CCN(c2ncc(Br)cn2)CC1. The lowest BCUT2D eigenvalue weighted by Crippen LogP contribution is -2.49. The number of carbonyl (C=O) groups is 1. The van der Waals surface area contributed by atoms with Crippen molar-refractivity contribution >= 4 is 27.8 Å². The van der Waals surface area contributed by atoms with Crippen molar-refractivity contribution in [1.82, 2.24) is 24.6 Å². The number of aromatic nitrogens is 4. The average molecular weight is 453 g/mol. The molecule has 1 saturated heterocycles. The van der Waals surface area contributed by atoms with E-state index in [1.165, 1.54) is 5.69 Å². The molecule has 0 spiro atoms. The van der Waals surface area contributed by atoms with E-state index < -0.39 is 0 Å². The number of fused-ring (bicyclic) bond motifs is 1. The second kappa shape index (κ2) is 7.59. The van der Waals surface area contributed by atoms with Crippen molar-refractivity contribution in [3.05, 3.63) is 64.1 Å². The monoisotopic (exact) mass is 452 g/mol. The number of hydrogen-bond acceptors (Lipinski definition) is 5. The van der Waals surface area contributed by atoms with Gasteiger partial charge in [-0.05, 0) is 47.3 Å². The zero-order chi connectivity index (χ0) is 19.8. The molecule has 5 rings (SSSR count). The highest BCUT2D eigenvalue weighted by molar-refractivity contribution is 9.10. The first-order chi connectivity index (χ1) is 14.2. The van der Waals surface area contributed by atoms with Crippen molar-refractivity contribution in [2.45, 2.75) is 19.3 Å². The molecule has 0 atom stereocenters. The third-order valence-corrected chi connectivity index (χ3v) is 6.00. The number of benzene rings is 1. The van der Waals surface area contributed by atoms with E-state index in [1.54, 1.807) is 12.4 Å². The minimum absolute atomic E-state index is 0.0363. The molecule has 0 N–H and O–H groups in total. The van der Waals surface area contributed by atoms with E-state index in [-0.39, 0.29) is 5.91 Å². The summed E-state index contributed by atoms with van der Waals surface area (Å²) in [7, 11) is 0. The summed E-state index contributed by atoms with van der Waals surface area (Å²) >= 11 is 3.36. The van der Waals surface area contributed by atoms with Gasteiger partial charge < -0.3 is 9.80 Å². The van der Waals surface area contributed by atoms with Crippen LogP contribution in [-0.4, -0.2) is 56.7 Å². The van der Waals surface area contributed by atoms with Gasteiger partial charge in [0.1, 0.15) is 0 Å². The van der Waals surface area contributed by atoms with Crippen LogP contribution < -0.4 is 4.90 Å². The standard InChI is InChI=1S/C21H21BrN6O/c22-15-13-23-21(24-14-15)27-11-9-26(10-12-27)20(29)19-17-7-4-8-18(17)28(25-19)16-5-2-1-3-6-16/h1-3,5-6,13-14H,4,7-12H2. The highest BCUT2D eigenvalue weighted by atomic mass is 79.9. The number of hydrogen-bond donors (Lipinski definition) is 0. The summed E-state index contributed by atoms with van der Waals surface area (Å²) in [5.41, 5.74) is 3.94. The molecule has 1 aliphatic heterocycles. The maximum absolute atomic E-state index is 13.3. The van der Waals surface area contributed by atoms with E-state index in [1.807, 2.05) is 39.9 Å². The first kappa shape index (κ1) is 18.3. The second-order valence-corrected chi connectivity index (χ2v) is 8.27. The van der Waals surface area contributed by atoms with Crippen LogP contribution in [0.15, 0.2) is 47.2 Å². The zero-order valence-corrected chi connectivity index (χ0v) is 17.5. The van der Waals surface area contributed by atoms with Gasteiger partial charge in [-0.15, -0.1) is 0 Å². The summed E-state index contributed by atoms with van der Waals surface area (Å²) in [5, 5.41) is 4.75. The van der Waals surface area contributed by atoms with E-state index in [4.69, 9.17) is 5.10 Å². The summed E-state index contributed by atoms with van der Waals surface area (Å²) < 4.78 is 2.82. The molecule has 7 nitrogen and oxygen atoms in total. The molecule has 1 aromatic carbocycles. The third-order valence-electron chi connectivity index (χ3n) is 5.59. The maximum atomic E-state index is 13.3. The van der Waals surface area contributed by atoms with Gasteiger partial charge in [-0.1, -0.05) is 18.2 Å². The average Bonchev–Trinajstić information content (AvgIpc) is 3.37. The Morgan fingerprint density at radius 1 is 0.966 bits per heavy atom. The number of para-hydroxylation sites is 1. The topological polar surface area (TPSA) is 67.2 Å². The van der Waals surface area contributed by atoms with Crippen LogP contribution in [0.4, 0.5) is 5.95 Å². The molecule has 0 bridgehead atoms.